The number of carbonyl (C=O) groups is 2. The summed E-state index contributed by atoms with van der Waals surface area (Å²) in [4.78, 5) is 28.4. The van der Waals surface area contributed by atoms with E-state index in [1.54, 1.807) is 30.3 Å². The van der Waals surface area contributed by atoms with Crippen LogP contribution in [0.4, 0.5) is 0 Å². The number of hydrogen-bond donors (Lipinski definition) is 1. The number of thiophene rings is 1. The van der Waals surface area contributed by atoms with Gasteiger partial charge in [0.2, 0.25) is 5.91 Å². The van der Waals surface area contributed by atoms with Crippen LogP contribution in [-0.2, 0) is 24.2 Å². The summed E-state index contributed by atoms with van der Waals surface area (Å²) < 4.78 is 0. The fraction of sp³-hybridized carbons (Fsp3) is 0.429. The van der Waals surface area contributed by atoms with Gasteiger partial charge in [-0.05, 0) is 55.9 Å². The molecule has 0 saturated heterocycles. The molecule has 1 aliphatic carbocycles. The molecule has 26 heavy (non-hydrogen) atoms. The Labute approximate surface area is 159 Å². The summed E-state index contributed by atoms with van der Waals surface area (Å²) in [5, 5.41) is 3.10. The van der Waals surface area contributed by atoms with E-state index in [4.69, 9.17) is 0 Å². The Morgan fingerprint density at radius 3 is 2.73 bits per heavy atom. The lowest BCUT2D eigenvalue weighted by atomic mass is 9.87. The summed E-state index contributed by atoms with van der Waals surface area (Å²) in [6, 6.07) is 8.30. The van der Waals surface area contributed by atoms with Crippen LogP contribution < -0.4 is 5.32 Å². The molecule has 0 aliphatic heterocycles. The van der Waals surface area contributed by atoms with Crippen molar-refractivity contribution in [1.82, 2.24) is 10.2 Å². The Morgan fingerprint density at radius 2 is 2.00 bits per heavy atom. The molecule has 2 aromatic rings. The van der Waals surface area contributed by atoms with Gasteiger partial charge in [-0.25, -0.2) is 0 Å². The second-order valence-electron chi connectivity index (χ2n) is 7.35. The summed E-state index contributed by atoms with van der Waals surface area (Å²) >= 11 is 1.58. The van der Waals surface area contributed by atoms with E-state index < -0.39 is 0 Å². The third-order valence-electron chi connectivity index (χ3n) is 5.03. The summed E-state index contributed by atoms with van der Waals surface area (Å²) in [5.41, 5.74) is 4.74. The van der Waals surface area contributed by atoms with Gasteiger partial charge in [0.05, 0.1) is 4.88 Å². The number of nitrogens with zero attached hydrogens (tertiary/aromatic N) is 1. The second-order valence-corrected chi connectivity index (χ2v) is 8.48. The fourth-order valence-electron chi connectivity index (χ4n) is 3.39. The maximum atomic E-state index is 12.6. The summed E-state index contributed by atoms with van der Waals surface area (Å²) in [6.45, 7) is 4.71. The summed E-state index contributed by atoms with van der Waals surface area (Å²) in [7, 11) is 3.54. The highest BCUT2D eigenvalue weighted by molar-refractivity contribution is 7.14. The maximum Gasteiger partial charge on any atom is 0.263 e. The molecule has 1 aromatic carbocycles. The lowest BCUT2D eigenvalue weighted by molar-refractivity contribution is -0.125. The van der Waals surface area contributed by atoms with E-state index in [1.165, 1.54) is 27.1 Å². The summed E-state index contributed by atoms with van der Waals surface area (Å²) in [6.07, 6.45) is 2.45. The highest BCUT2D eigenvalue weighted by Crippen LogP contribution is 2.33. The van der Waals surface area contributed by atoms with Gasteiger partial charge in [-0.3, -0.25) is 9.59 Å². The molecule has 4 nitrogen and oxygen atoms in total. The first-order valence-corrected chi connectivity index (χ1v) is 9.84. The van der Waals surface area contributed by atoms with Gasteiger partial charge in [-0.15, -0.1) is 11.3 Å². The zero-order valence-corrected chi connectivity index (χ0v) is 16.7. The number of fused-ring (bicyclic) bond motifs is 1. The van der Waals surface area contributed by atoms with E-state index in [9.17, 15) is 9.59 Å². The minimum Gasteiger partial charge on any atom is -0.352 e. The minimum atomic E-state index is -0.00970. The highest BCUT2D eigenvalue weighted by atomic mass is 32.1. The molecule has 1 atom stereocenters. The molecule has 3 rings (SSSR count). The minimum absolute atomic E-state index is 0.00970. The third-order valence-corrected chi connectivity index (χ3v) is 6.25. The van der Waals surface area contributed by atoms with Crippen LogP contribution in [0.15, 0.2) is 24.3 Å². The molecule has 1 N–H and O–H groups in total. The Balaban J connectivity index is 1.64. The van der Waals surface area contributed by atoms with Crippen molar-refractivity contribution in [2.75, 3.05) is 14.1 Å². The molecule has 2 amide bonds. The predicted octanol–water partition coefficient (Wildman–Crippen LogP) is 3.49. The van der Waals surface area contributed by atoms with Crippen LogP contribution in [0.3, 0.4) is 0 Å². The van der Waals surface area contributed by atoms with Crippen molar-refractivity contribution in [3.8, 4) is 0 Å². The molecule has 138 valence electrons. The third kappa shape index (κ3) is 3.98. The average molecular weight is 371 g/mol. The molecule has 1 heterocycles. The lowest BCUT2D eigenvalue weighted by Crippen LogP contribution is -2.33. The van der Waals surface area contributed by atoms with E-state index in [1.807, 2.05) is 6.07 Å². The molecule has 1 aliphatic rings. The Morgan fingerprint density at radius 1 is 1.23 bits per heavy atom. The average Bonchev–Trinajstić information content (AvgIpc) is 3.04. The quantitative estimate of drug-likeness (QED) is 0.896. The zero-order chi connectivity index (χ0) is 18.8. The molecule has 0 fully saturated rings. The van der Waals surface area contributed by atoms with Gasteiger partial charge in [0.15, 0.2) is 0 Å². The standard InChI is InChI=1S/C21H26N2O2S/c1-13-5-6-14(2)17(9-13)12-22-20(24)15-7-8-18-16(10-15)11-19(26-18)21(25)23(3)4/h5-6,9,11,15H,7-8,10,12H2,1-4H3,(H,22,24). The van der Waals surface area contributed by atoms with E-state index in [0.29, 0.717) is 6.54 Å². The van der Waals surface area contributed by atoms with Crippen molar-refractivity contribution in [2.45, 2.75) is 39.7 Å². The number of carbonyl (C=O) groups excluding carboxylic acids is 2. The lowest BCUT2D eigenvalue weighted by Gasteiger charge is -2.21. The Bertz CT molecular complexity index is 839. The van der Waals surface area contributed by atoms with E-state index >= 15 is 0 Å². The smallest absolute Gasteiger partial charge is 0.263 e. The van der Waals surface area contributed by atoms with Crippen molar-refractivity contribution in [3.05, 3.63) is 56.3 Å². The monoisotopic (exact) mass is 370 g/mol. The number of benzene rings is 1. The van der Waals surface area contributed by atoms with Gasteiger partial charge in [0, 0.05) is 31.4 Å². The molecular weight excluding hydrogens is 344 g/mol. The molecule has 0 spiro atoms. The van der Waals surface area contributed by atoms with Crippen molar-refractivity contribution in [2.24, 2.45) is 5.92 Å². The molecular formula is C21H26N2O2S. The van der Waals surface area contributed by atoms with Crippen LogP contribution in [0.25, 0.3) is 0 Å². The first-order chi connectivity index (χ1) is 12.3. The van der Waals surface area contributed by atoms with Crippen LogP contribution in [0, 0.1) is 19.8 Å². The number of hydrogen-bond acceptors (Lipinski definition) is 3. The second kappa shape index (κ2) is 7.62. The molecule has 5 heteroatoms. The number of amides is 2. The normalized spacial score (nSPS) is 16.1. The van der Waals surface area contributed by atoms with Crippen molar-refractivity contribution in [1.29, 1.82) is 0 Å². The SMILES string of the molecule is Cc1ccc(C)c(CNC(=O)C2CCc3sc(C(=O)N(C)C)cc3C2)c1. The van der Waals surface area contributed by atoms with Crippen molar-refractivity contribution in [3.63, 3.8) is 0 Å². The van der Waals surface area contributed by atoms with Gasteiger partial charge >= 0.3 is 0 Å². The molecule has 0 saturated carbocycles. The Hall–Kier alpha value is -2.14. The van der Waals surface area contributed by atoms with Gasteiger partial charge < -0.3 is 10.2 Å². The van der Waals surface area contributed by atoms with Gasteiger partial charge in [0.25, 0.3) is 5.91 Å². The van der Waals surface area contributed by atoms with Crippen LogP contribution in [0.2, 0.25) is 0 Å². The molecule has 1 unspecified atom stereocenters. The first kappa shape index (κ1) is 18.6. The van der Waals surface area contributed by atoms with Crippen LogP contribution in [0.5, 0.6) is 0 Å². The fourth-order valence-corrected chi connectivity index (χ4v) is 4.62. The largest absolute Gasteiger partial charge is 0.352 e. The number of nitrogens with one attached hydrogen (secondary N) is 1. The molecule has 0 bridgehead atoms. The van der Waals surface area contributed by atoms with Crippen molar-refractivity contribution >= 4 is 23.2 Å². The van der Waals surface area contributed by atoms with Crippen LogP contribution in [0.1, 0.15) is 43.2 Å². The van der Waals surface area contributed by atoms with Gasteiger partial charge in [0.1, 0.15) is 0 Å². The van der Waals surface area contributed by atoms with E-state index in [-0.39, 0.29) is 17.7 Å². The van der Waals surface area contributed by atoms with Gasteiger partial charge in [-0.2, -0.15) is 0 Å². The van der Waals surface area contributed by atoms with Crippen LogP contribution >= 0.6 is 11.3 Å². The topological polar surface area (TPSA) is 49.4 Å². The maximum absolute atomic E-state index is 12.6. The summed E-state index contributed by atoms with van der Waals surface area (Å²) in [5.74, 6) is 0.146. The first-order valence-electron chi connectivity index (χ1n) is 9.02. The predicted molar refractivity (Wildman–Crippen MR) is 106 cm³/mol. The Kier molecular flexibility index (Phi) is 5.47. The van der Waals surface area contributed by atoms with Crippen molar-refractivity contribution < 1.29 is 9.59 Å². The molecule has 0 radical (unpaired) electrons. The molecule has 1 aromatic heterocycles. The van der Waals surface area contributed by atoms with E-state index in [0.717, 1.165) is 24.1 Å². The zero-order valence-electron chi connectivity index (χ0n) is 15.9. The van der Waals surface area contributed by atoms with Crippen LogP contribution in [-0.4, -0.2) is 30.8 Å². The highest BCUT2D eigenvalue weighted by Gasteiger charge is 2.27. The van der Waals surface area contributed by atoms with E-state index in [2.05, 4.69) is 37.4 Å². The number of aryl methyl sites for hydroxylation is 3. The van der Waals surface area contributed by atoms with Gasteiger partial charge in [-0.1, -0.05) is 23.8 Å². The number of rotatable bonds is 4.